The molecule has 2 aromatic rings. The van der Waals surface area contributed by atoms with Crippen LogP contribution in [0.2, 0.25) is 0 Å². The highest BCUT2D eigenvalue weighted by molar-refractivity contribution is 5.79. The number of benzene rings is 1. The van der Waals surface area contributed by atoms with Gasteiger partial charge in [-0.15, -0.1) is 0 Å². The minimum absolute atomic E-state index is 0.231. The van der Waals surface area contributed by atoms with Crippen LogP contribution < -0.4 is 5.32 Å². The molecule has 1 amide bonds. The molecular formula is C21H28N4O. The van der Waals surface area contributed by atoms with Crippen molar-refractivity contribution in [3.05, 3.63) is 54.4 Å². The molecule has 1 aliphatic heterocycles. The number of aromatic nitrogens is 2. The normalized spacial score (nSPS) is 19.9. The highest BCUT2D eigenvalue weighted by Gasteiger charge is 2.32. The number of nitrogens with zero attached hydrogens (tertiary/aromatic N) is 3. The molecule has 1 atom stereocenters. The lowest BCUT2D eigenvalue weighted by Gasteiger charge is -2.38. The predicted octanol–water partition coefficient (Wildman–Crippen LogP) is 3.01. The third-order valence-corrected chi connectivity index (χ3v) is 5.83. The van der Waals surface area contributed by atoms with Crippen LogP contribution in [0.5, 0.6) is 0 Å². The molecule has 1 saturated carbocycles. The molecule has 0 radical (unpaired) electrons. The Morgan fingerprint density at radius 1 is 1.12 bits per heavy atom. The van der Waals surface area contributed by atoms with Gasteiger partial charge in [0.1, 0.15) is 0 Å². The van der Waals surface area contributed by atoms with Gasteiger partial charge in [0.25, 0.3) is 0 Å². The molecule has 2 aliphatic rings. The van der Waals surface area contributed by atoms with Gasteiger partial charge in [-0.05, 0) is 37.3 Å². The van der Waals surface area contributed by atoms with Gasteiger partial charge in [0.05, 0.1) is 12.6 Å². The minimum Gasteiger partial charge on any atom is -0.342 e. The molecule has 5 nitrogen and oxygen atoms in total. The van der Waals surface area contributed by atoms with E-state index in [9.17, 15) is 4.79 Å². The zero-order valence-corrected chi connectivity index (χ0v) is 15.3. The molecule has 138 valence electrons. The highest BCUT2D eigenvalue weighted by atomic mass is 16.2. The number of nitrogens with one attached hydrogen (secondary N) is 1. The first kappa shape index (κ1) is 17.3. The summed E-state index contributed by atoms with van der Waals surface area (Å²) in [6, 6.07) is 13.2. The van der Waals surface area contributed by atoms with Crippen LogP contribution in [0.4, 0.5) is 0 Å². The summed E-state index contributed by atoms with van der Waals surface area (Å²) in [5, 5.41) is 8.20. The number of rotatable bonds is 6. The second-order valence-corrected chi connectivity index (χ2v) is 7.59. The van der Waals surface area contributed by atoms with Crippen molar-refractivity contribution in [3.63, 3.8) is 0 Å². The summed E-state index contributed by atoms with van der Waals surface area (Å²) in [6.07, 6.45) is 9.31. The van der Waals surface area contributed by atoms with Gasteiger partial charge < -0.3 is 10.2 Å². The molecule has 0 bridgehead atoms. The fourth-order valence-electron chi connectivity index (χ4n) is 4.00. The van der Waals surface area contributed by atoms with Gasteiger partial charge in [-0.3, -0.25) is 9.48 Å². The Morgan fingerprint density at radius 3 is 2.50 bits per heavy atom. The number of piperidine rings is 1. The standard InChI is InChI=1S/C21H28N4O/c26-21(18-8-4-9-18)24-14-10-19(11-15-24)23-20(16-25-13-5-12-22-25)17-6-2-1-3-7-17/h1-3,5-7,12-13,18-20,23H,4,8-11,14-16H2. The molecular weight excluding hydrogens is 324 g/mol. The molecule has 4 rings (SSSR count). The van der Waals surface area contributed by atoms with E-state index in [4.69, 9.17) is 0 Å². The molecule has 1 aromatic carbocycles. The summed E-state index contributed by atoms with van der Waals surface area (Å²) >= 11 is 0. The topological polar surface area (TPSA) is 50.2 Å². The Kier molecular flexibility index (Phi) is 5.34. The molecule has 5 heteroatoms. The van der Waals surface area contributed by atoms with Crippen molar-refractivity contribution >= 4 is 5.91 Å². The van der Waals surface area contributed by atoms with Gasteiger partial charge in [-0.1, -0.05) is 36.8 Å². The first-order valence-corrected chi connectivity index (χ1v) is 9.87. The monoisotopic (exact) mass is 352 g/mol. The molecule has 1 saturated heterocycles. The van der Waals surface area contributed by atoms with E-state index in [0.29, 0.717) is 17.9 Å². The fourth-order valence-corrected chi connectivity index (χ4v) is 4.00. The van der Waals surface area contributed by atoms with Crippen molar-refractivity contribution in [1.29, 1.82) is 0 Å². The Hall–Kier alpha value is -2.14. The summed E-state index contributed by atoms with van der Waals surface area (Å²) in [5.74, 6) is 0.710. The lowest BCUT2D eigenvalue weighted by molar-refractivity contribution is -0.139. The number of likely N-dealkylation sites (tertiary alicyclic amines) is 1. The molecule has 2 heterocycles. The average Bonchev–Trinajstić information content (AvgIpc) is 3.14. The zero-order chi connectivity index (χ0) is 17.8. The SMILES string of the molecule is O=C(C1CCC1)N1CCC(NC(Cn2cccn2)c2ccccc2)CC1. The largest absolute Gasteiger partial charge is 0.342 e. The average molecular weight is 352 g/mol. The van der Waals surface area contributed by atoms with Crippen molar-refractivity contribution in [1.82, 2.24) is 20.0 Å². The van der Waals surface area contributed by atoms with Crippen molar-refractivity contribution < 1.29 is 4.79 Å². The smallest absolute Gasteiger partial charge is 0.225 e. The Morgan fingerprint density at radius 2 is 1.88 bits per heavy atom. The first-order chi connectivity index (χ1) is 12.8. The quantitative estimate of drug-likeness (QED) is 0.869. The van der Waals surface area contributed by atoms with E-state index in [0.717, 1.165) is 45.3 Å². The van der Waals surface area contributed by atoms with Crippen molar-refractivity contribution in [3.8, 4) is 0 Å². The van der Waals surface area contributed by atoms with Gasteiger partial charge in [0.2, 0.25) is 5.91 Å². The lowest BCUT2D eigenvalue weighted by Crippen LogP contribution is -2.48. The van der Waals surface area contributed by atoms with E-state index in [1.54, 1.807) is 0 Å². The van der Waals surface area contributed by atoms with Gasteiger partial charge in [0.15, 0.2) is 0 Å². The van der Waals surface area contributed by atoms with E-state index >= 15 is 0 Å². The van der Waals surface area contributed by atoms with Crippen LogP contribution in [0.3, 0.4) is 0 Å². The van der Waals surface area contributed by atoms with Gasteiger partial charge in [0, 0.05) is 37.4 Å². The lowest BCUT2D eigenvalue weighted by atomic mass is 9.84. The van der Waals surface area contributed by atoms with Gasteiger partial charge in [-0.25, -0.2) is 0 Å². The number of carbonyl (C=O) groups is 1. The maximum Gasteiger partial charge on any atom is 0.225 e. The van der Waals surface area contributed by atoms with Crippen LogP contribution in [0.1, 0.15) is 43.7 Å². The molecule has 26 heavy (non-hydrogen) atoms. The summed E-state index contributed by atoms with van der Waals surface area (Å²) in [6.45, 7) is 2.59. The Bertz CT molecular complexity index is 688. The minimum atomic E-state index is 0.231. The summed E-state index contributed by atoms with van der Waals surface area (Å²) < 4.78 is 1.99. The predicted molar refractivity (Wildman–Crippen MR) is 101 cm³/mol. The van der Waals surface area contributed by atoms with Crippen LogP contribution in [-0.2, 0) is 11.3 Å². The first-order valence-electron chi connectivity index (χ1n) is 9.87. The fraction of sp³-hybridized carbons (Fsp3) is 0.524. The van der Waals surface area contributed by atoms with Crippen molar-refractivity contribution in [2.45, 2.75) is 50.7 Å². The van der Waals surface area contributed by atoms with Crippen molar-refractivity contribution in [2.75, 3.05) is 13.1 Å². The number of carbonyl (C=O) groups excluding carboxylic acids is 1. The van der Waals surface area contributed by atoms with Gasteiger partial charge in [-0.2, -0.15) is 5.10 Å². The summed E-state index contributed by atoms with van der Waals surface area (Å²) in [5.41, 5.74) is 1.29. The third kappa shape index (κ3) is 3.98. The number of amides is 1. The molecule has 2 fully saturated rings. The maximum atomic E-state index is 12.4. The Balaban J connectivity index is 1.36. The molecule has 1 aliphatic carbocycles. The second kappa shape index (κ2) is 8.04. The maximum absolute atomic E-state index is 12.4. The van der Waals surface area contributed by atoms with Crippen LogP contribution >= 0.6 is 0 Å². The second-order valence-electron chi connectivity index (χ2n) is 7.59. The van der Waals surface area contributed by atoms with E-state index < -0.39 is 0 Å². The van der Waals surface area contributed by atoms with E-state index in [1.165, 1.54) is 12.0 Å². The highest BCUT2D eigenvalue weighted by Crippen LogP contribution is 2.29. The van der Waals surface area contributed by atoms with Crippen LogP contribution in [-0.4, -0.2) is 39.7 Å². The van der Waals surface area contributed by atoms with E-state index in [1.807, 2.05) is 23.1 Å². The van der Waals surface area contributed by atoms with Crippen LogP contribution in [0.15, 0.2) is 48.8 Å². The summed E-state index contributed by atoms with van der Waals surface area (Å²) in [7, 11) is 0. The van der Waals surface area contributed by atoms with Crippen LogP contribution in [0, 0.1) is 5.92 Å². The summed E-state index contributed by atoms with van der Waals surface area (Å²) in [4.78, 5) is 14.5. The van der Waals surface area contributed by atoms with E-state index in [-0.39, 0.29) is 6.04 Å². The number of hydrogen-bond acceptors (Lipinski definition) is 3. The molecule has 0 spiro atoms. The zero-order valence-electron chi connectivity index (χ0n) is 15.3. The molecule has 1 N–H and O–H groups in total. The van der Waals surface area contributed by atoms with Crippen LogP contribution in [0.25, 0.3) is 0 Å². The molecule has 1 unspecified atom stereocenters. The van der Waals surface area contributed by atoms with Gasteiger partial charge >= 0.3 is 0 Å². The third-order valence-electron chi connectivity index (χ3n) is 5.83. The number of hydrogen-bond donors (Lipinski definition) is 1. The van der Waals surface area contributed by atoms with E-state index in [2.05, 4.69) is 45.6 Å². The molecule has 1 aromatic heterocycles. The van der Waals surface area contributed by atoms with Crippen molar-refractivity contribution in [2.24, 2.45) is 5.92 Å². The Labute approximate surface area is 155 Å².